The molecule has 1 aliphatic rings. The minimum absolute atomic E-state index is 0.135. The maximum Gasteiger partial charge on any atom is 0.267 e. The van der Waals surface area contributed by atoms with Crippen LogP contribution in [0.1, 0.15) is 16.8 Å². The lowest BCUT2D eigenvalue weighted by molar-refractivity contribution is 0.561. The zero-order valence-corrected chi connectivity index (χ0v) is 12.3. The van der Waals surface area contributed by atoms with Gasteiger partial charge in [-0.2, -0.15) is 5.10 Å². The molecule has 20 heavy (non-hydrogen) atoms. The van der Waals surface area contributed by atoms with E-state index in [0.717, 1.165) is 29.8 Å². The first-order chi connectivity index (χ1) is 9.63. The Morgan fingerprint density at radius 1 is 1.40 bits per heavy atom. The smallest absolute Gasteiger partial charge is 0.267 e. The van der Waals surface area contributed by atoms with Crippen LogP contribution in [0.4, 0.5) is 4.39 Å². The molecule has 1 N–H and O–H groups in total. The first-order valence-corrected chi connectivity index (χ1v) is 7.17. The third-order valence-corrected chi connectivity index (χ3v) is 4.09. The van der Waals surface area contributed by atoms with E-state index >= 15 is 0 Å². The molecular weight excluding hydrogens is 325 g/mol. The number of nitrogens with zero attached hydrogens (tertiary/aromatic N) is 2. The van der Waals surface area contributed by atoms with Crippen molar-refractivity contribution in [1.29, 1.82) is 0 Å². The Bertz CT molecular complexity index is 714. The minimum Gasteiger partial charge on any atom is -0.312 e. The summed E-state index contributed by atoms with van der Waals surface area (Å²) in [5, 5.41) is 7.64. The zero-order chi connectivity index (χ0) is 14.1. The average molecular weight is 338 g/mol. The van der Waals surface area contributed by atoms with Gasteiger partial charge in [0.25, 0.3) is 5.56 Å². The van der Waals surface area contributed by atoms with Crippen molar-refractivity contribution in [3.8, 4) is 0 Å². The molecule has 3 rings (SSSR count). The van der Waals surface area contributed by atoms with Crippen LogP contribution in [-0.4, -0.2) is 16.3 Å². The van der Waals surface area contributed by atoms with Gasteiger partial charge in [0.15, 0.2) is 0 Å². The molecule has 0 spiro atoms. The van der Waals surface area contributed by atoms with E-state index in [-0.39, 0.29) is 11.4 Å². The summed E-state index contributed by atoms with van der Waals surface area (Å²) in [5.41, 5.74) is 2.62. The molecule has 0 saturated heterocycles. The van der Waals surface area contributed by atoms with Gasteiger partial charge in [-0.1, -0.05) is 22.0 Å². The highest BCUT2D eigenvalue weighted by molar-refractivity contribution is 9.10. The monoisotopic (exact) mass is 337 g/mol. The molecule has 1 aromatic carbocycles. The predicted octanol–water partition coefficient (Wildman–Crippen LogP) is 1.84. The fraction of sp³-hybridized carbons (Fsp3) is 0.286. The molecular formula is C14H13BrFN3O. The van der Waals surface area contributed by atoms with E-state index in [0.29, 0.717) is 17.6 Å². The summed E-state index contributed by atoms with van der Waals surface area (Å²) in [6, 6.07) is 6.07. The van der Waals surface area contributed by atoms with E-state index in [1.165, 1.54) is 16.8 Å². The van der Waals surface area contributed by atoms with E-state index in [9.17, 15) is 9.18 Å². The second-order valence-electron chi connectivity index (χ2n) is 4.77. The highest BCUT2D eigenvalue weighted by Crippen LogP contribution is 2.18. The molecule has 0 radical (unpaired) electrons. The number of benzene rings is 1. The molecule has 1 aliphatic heterocycles. The second-order valence-corrected chi connectivity index (χ2v) is 5.63. The van der Waals surface area contributed by atoms with Crippen molar-refractivity contribution < 1.29 is 4.39 Å². The van der Waals surface area contributed by atoms with Crippen LogP contribution in [0, 0.1) is 5.82 Å². The largest absolute Gasteiger partial charge is 0.312 e. The minimum atomic E-state index is -0.308. The Hall–Kier alpha value is -1.53. The van der Waals surface area contributed by atoms with E-state index in [1.807, 2.05) is 0 Å². The lowest BCUT2D eigenvalue weighted by atomic mass is 10.1. The van der Waals surface area contributed by atoms with Gasteiger partial charge in [-0.15, -0.1) is 0 Å². The molecule has 0 saturated carbocycles. The van der Waals surface area contributed by atoms with Crippen LogP contribution in [-0.2, 0) is 19.5 Å². The number of aromatic nitrogens is 2. The number of hydrogen-bond donors (Lipinski definition) is 1. The summed E-state index contributed by atoms with van der Waals surface area (Å²) < 4.78 is 15.1. The van der Waals surface area contributed by atoms with Crippen LogP contribution in [0.15, 0.2) is 33.5 Å². The van der Waals surface area contributed by atoms with Crippen molar-refractivity contribution in [2.75, 3.05) is 6.54 Å². The normalized spacial score (nSPS) is 14.1. The lowest BCUT2D eigenvalue weighted by Gasteiger charge is -2.17. The molecule has 0 fully saturated rings. The highest BCUT2D eigenvalue weighted by Gasteiger charge is 2.13. The van der Waals surface area contributed by atoms with E-state index < -0.39 is 0 Å². The standard InChI is InChI=1S/C14H13BrFN3O/c15-12-6-11(16)2-1-9(12)8-19-14(20)5-10-7-17-4-3-13(10)18-19/h1-2,5-6,17H,3-4,7-8H2. The van der Waals surface area contributed by atoms with Gasteiger partial charge in [0.1, 0.15) is 5.82 Å². The predicted molar refractivity (Wildman–Crippen MR) is 77.1 cm³/mol. The van der Waals surface area contributed by atoms with Crippen LogP contribution in [0.25, 0.3) is 0 Å². The molecule has 2 heterocycles. The maximum absolute atomic E-state index is 13.1. The van der Waals surface area contributed by atoms with Gasteiger partial charge >= 0.3 is 0 Å². The molecule has 6 heteroatoms. The summed E-state index contributed by atoms with van der Waals surface area (Å²) in [6.07, 6.45) is 0.820. The van der Waals surface area contributed by atoms with Gasteiger partial charge in [-0.05, 0) is 23.3 Å². The van der Waals surface area contributed by atoms with Crippen molar-refractivity contribution >= 4 is 15.9 Å². The number of nitrogens with one attached hydrogen (secondary N) is 1. The average Bonchev–Trinajstić information content (AvgIpc) is 2.42. The summed E-state index contributed by atoms with van der Waals surface area (Å²) in [4.78, 5) is 12.1. The first-order valence-electron chi connectivity index (χ1n) is 6.38. The molecule has 1 aromatic heterocycles. The number of fused-ring (bicyclic) bond motifs is 1. The van der Waals surface area contributed by atoms with E-state index in [2.05, 4.69) is 26.3 Å². The Balaban J connectivity index is 1.96. The summed E-state index contributed by atoms with van der Waals surface area (Å²) in [7, 11) is 0. The van der Waals surface area contributed by atoms with Crippen molar-refractivity contribution in [2.24, 2.45) is 0 Å². The van der Waals surface area contributed by atoms with Crippen LogP contribution in [0.5, 0.6) is 0 Å². The quantitative estimate of drug-likeness (QED) is 0.909. The SMILES string of the molecule is O=c1cc2c(nn1Cc1ccc(F)cc1Br)CCNC2. The molecule has 2 aromatic rings. The number of hydrogen-bond acceptors (Lipinski definition) is 3. The van der Waals surface area contributed by atoms with Gasteiger partial charge in [0.2, 0.25) is 0 Å². The van der Waals surface area contributed by atoms with Crippen LogP contribution >= 0.6 is 15.9 Å². The van der Waals surface area contributed by atoms with Gasteiger partial charge < -0.3 is 5.32 Å². The zero-order valence-electron chi connectivity index (χ0n) is 10.7. The van der Waals surface area contributed by atoms with Crippen molar-refractivity contribution in [2.45, 2.75) is 19.5 Å². The topological polar surface area (TPSA) is 46.9 Å². The highest BCUT2D eigenvalue weighted by atomic mass is 79.9. The van der Waals surface area contributed by atoms with Crippen LogP contribution in [0.3, 0.4) is 0 Å². The fourth-order valence-electron chi connectivity index (χ4n) is 2.28. The van der Waals surface area contributed by atoms with E-state index in [1.54, 1.807) is 12.1 Å². The summed E-state index contributed by atoms with van der Waals surface area (Å²) in [6.45, 7) is 1.90. The van der Waals surface area contributed by atoms with Crippen molar-refractivity contribution in [1.82, 2.24) is 15.1 Å². The fourth-order valence-corrected chi connectivity index (χ4v) is 2.76. The number of halogens is 2. The lowest BCUT2D eigenvalue weighted by Crippen LogP contribution is -2.31. The van der Waals surface area contributed by atoms with Gasteiger partial charge in [0.05, 0.1) is 12.2 Å². The Morgan fingerprint density at radius 2 is 2.25 bits per heavy atom. The third kappa shape index (κ3) is 2.66. The van der Waals surface area contributed by atoms with Gasteiger partial charge in [-0.3, -0.25) is 4.79 Å². The Morgan fingerprint density at radius 3 is 3.05 bits per heavy atom. The Kier molecular flexibility index (Phi) is 3.67. The number of rotatable bonds is 2. The molecule has 0 aliphatic carbocycles. The van der Waals surface area contributed by atoms with Crippen LogP contribution in [0.2, 0.25) is 0 Å². The van der Waals surface area contributed by atoms with Crippen molar-refractivity contribution in [3.05, 3.63) is 61.7 Å². The summed E-state index contributed by atoms with van der Waals surface area (Å²) in [5.74, 6) is -0.308. The van der Waals surface area contributed by atoms with Crippen molar-refractivity contribution in [3.63, 3.8) is 0 Å². The first kappa shape index (κ1) is 13.5. The van der Waals surface area contributed by atoms with Gasteiger partial charge in [0, 0.05) is 30.0 Å². The van der Waals surface area contributed by atoms with Gasteiger partial charge in [-0.25, -0.2) is 9.07 Å². The second kappa shape index (κ2) is 5.46. The van der Waals surface area contributed by atoms with E-state index in [4.69, 9.17) is 0 Å². The third-order valence-electron chi connectivity index (χ3n) is 3.35. The summed E-state index contributed by atoms with van der Waals surface area (Å²) >= 11 is 3.31. The molecule has 104 valence electrons. The Labute approximate surface area is 123 Å². The maximum atomic E-state index is 13.1. The van der Waals surface area contributed by atoms with Crippen LogP contribution < -0.4 is 10.9 Å². The molecule has 4 nitrogen and oxygen atoms in total. The molecule has 0 bridgehead atoms. The molecule has 0 atom stereocenters. The molecule has 0 amide bonds. The molecule has 0 unspecified atom stereocenters.